The van der Waals surface area contributed by atoms with Crippen molar-refractivity contribution in [2.45, 2.75) is 0 Å². The Morgan fingerprint density at radius 3 is 2.38 bits per heavy atom. The summed E-state index contributed by atoms with van der Waals surface area (Å²) < 4.78 is 18.5. The van der Waals surface area contributed by atoms with Gasteiger partial charge in [0.25, 0.3) is 0 Å². The molecule has 1 heterocycles. The highest BCUT2D eigenvalue weighted by Gasteiger charge is 2.07. The van der Waals surface area contributed by atoms with E-state index in [1.165, 1.54) is 12.1 Å². The normalized spacial score (nSPS) is 10.4. The summed E-state index contributed by atoms with van der Waals surface area (Å²) in [6.07, 6.45) is 0. The van der Waals surface area contributed by atoms with Gasteiger partial charge in [0, 0.05) is 6.07 Å². The van der Waals surface area contributed by atoms with E-state index < -0.39 is 5.95 Å². The molecule has 0 bridgehead atoms. The third-order valence-corrected chi connectivity index (χ3v) is 3.24. The summed E-state index contributed by atoms with van der Waals surface area (Å²) >= 11 is 6.22. The molecule has 0 fully saturated rings. The summed E-state index contributed by atoms with van der Waals surface area (Å²) in [5.41, 5.74) is 2.05. The lowest BCUT2D eigenvalue weighted by molar-refractivity contribution is 0.445. The molecule has 2 nitrogen and oxygen atoms in total. The first-order valence-corrected chi connectivity index (χ1v) is 6.75. The molecule has 0 aliphatic carbocycles. The van der Waals surface area contributed by atoms with Gasteiger partial charge in [0.1, 0.15) is 5.75 Å². The fourth-order valence-electron chi connectivity index (χ4n) is 1.95. The van der Waals surface area contributed by atoms with Crippen LogP contribution in [0.5, 0.6) is 11.6 Å². The largest absolute Gasteiger partial charge is 0.437 e. The maximum atomic E-state index is 13.0. The van der Waals surface area contributed by atoms with Crippen LogP contribution in [0.25, 0.3) is 11.1 Å². The minimum atomic E-state index is -0.593. The molecule has 0 radical (unpaired) electrons. The van der Waals surface area contributed by atoms with Crippen LogP contribution in [0.1, 0.15) is 0 Å². The number of ether oxygens (including phenoxy) is 1. The van der Waals surface area contributed by atoms with E-state index in [-0.39, 0.29) is 5.88 Å². The van der Waals surface area contributed by atoms with Crippen LogP contribution in [0.2, 0.25) is 5.02 Å². The Bertz CT molecular complexity index is 762. The monoisotopic (exact) mass is 299 g/mol. The van der Waals surface area contributed by atoms with Crippen LogP contribution < -0.4 is 4.74 Å². The minimum Gasteiger partial charge on any atom is -0.437 e. The Hall–Kier alpha value is -2.39. The van der Waals surface area contributed by atoms with E-state index in [0.717, 1.165) is 11.1 Å². The molecule has 0 aliphatic rings. The lowest BCUT2D eigenvalue weighted by Gasteiger charge is -2.08. The zero-order valence-corrected chi connectivity index (χ0v) is 11.7. The van der Waals surface area contributed by atoms with E-state index in [1.54, 1.807) is 12.1 Å². The second kappa shape index (κ2) is 5.94. The predicted octanol–water partition coefficient (Wildman–Crippen LogP) is 5.33. The molecule has 1 aromatic heterocycles. The molecule has 0 spiro atoms. The highest BCUT2D eigenvalue weighted by molar-refractivity contribution is 6.32. The van der Waals surface area contributed by atoms with Crippen molar-refractivity contribution in [3.8, 4) is 22.8 Å². The lowest BCUT2D eigenvalue weighted by Crippen LogP contribution is -1.91. The Kier molecular flexibility index (Phi) is 3.84. The van der Waals surface area contributed by atoms with E-state index in [9.17, 15) is 4.39 Å². The van der Waals surface area contributed by atoms with Gasteiger partial charge in [0.05, 0.1) is 5.02 Å². The van der Waals surface area contributed by atoms with Gasteiger partial charge in [-0.2, -0.15) is 9.37 Å². The minimum absolute atomic E-state index is 0.171. The molecular weight excluding hydrogens is 289 g/mol. The van der Waals surface area contributed by atoms with Crippen LogP contribution in [0.3, 0.4) is 0 Å². The topological polar surface area (TPSA) is 22.1 Å². The number of benzene rings is 2. The van der Waals surface area contributed by atoms with Crippen molar-refractivity contribution in [1.82, 2.24) is 4.98 Å². The molecule has 0 saturated heterocycles. The van der Waals surface area contributed by atoms with E-state index in [2.05, 4.69) is 4.98 Å². The van der Waals surface area contributed by atoms with E-state index in [0.29, 0.717) is 10.8 Å². The van der Waals surface area contributed by atoms with Gasteiger partial charge in [-0.25, -0.2) is 0 Å². The first-order chi connectivity index (χ1) is 10.2. The van der Waals surface area contributed by atoms with Gasteiger partial charge in [-0.3, -0.25) is 0 Å². The summed E-state index contributed by atoms with van der Waals surface area (Å²) in [6.45, 7) is 0. The fraction of sp³-hybridized carbons (Fsp3) is 0. The molecule has 0 amide bonds. The quantitative estimate of drug-likeness (QED) is 0.610. The predicted molar refractivity (Wildman–Crippen MR) is 81.2 cm³/mol. The Labute approximate surface area is 126 Å². The first kappa shape index (κ1) is 13.6. The second-order valence-electron chi connectivity index (χ2n) is 4.41. The average Bonchev–Trinajstić information content (AvgIpc) is 2.50. The van der Waals surface area contributed by atoms with Crippen LogP contribution in [-0.4, -0.2) is 4.98 Å². The van der Waals surface area contributed by atoms with Crippen molar-refractivity contribution in [3.05, 3.63) is 77.7 Å². The summed E-state index contributed by atoms with van der Waals surface area (Å²) in [5.74, 6) is 0.0170. The smallest absolute Gasteiger partial charge is 0.221 e. The van der Waals surface area contributed by atoms with Crippen molar-refractivity contribution in [2.75, 3.05) is 0 Å². The van der Waals surface area contributed by atoms with Crippen LogP contribution in [0, 0.1) is 5.95 Å². The molecule has 3 aromatic rings. The molecule has 0 saturated carbocycles. The Morgan fingerprint density at radius 2 is 1.67 bits per heavy atom. The first-order valence-electron chi connectivity index (χ1n) is 6.38. The van der Waals surface area contributed by atoms with Gasteiger partial charge >= 0.3 is 0 Å². The number of halogens is 2. The summed E-state index contributed by atoms with van der Waals surface area (Å²) in [7, 11) is 0. The van der Waals surface area contributed by atoms with Crippen LogP contribution in [-0.2, 0) is 0 Å². The van der Waals surface area contributed by atoms with Crippen LogP contribution >= 0.6 is 11.6 Å². The third-order valence-electron chi connectivity index (χ3n) is 2.94. The van der Waals surface area contributed by atoms with E-state index >= 15 is 0 Å². The van der Waals surface area contributed by atoms with Gasteiger partial charge < -0.3 is 4.74 Å². The lowest BCUT2D eigenvalue weighted by atomic mass is 10.1. The SMILES string of the molecule is Fc1cccc(Oc2ccc(-c3ccccc3)cc2Cl)n1. The number of nitrogens with zero attached hydrogens (tertiary/aromatic N) is 1. The summed E-state index contributed by atoms with van der Waals surface area (Å²) in [5, 5.41) is 0.447. The van der Waals surface area contributed by atoms with Crippen molar-refractivity contribution >= 4 is 11.6 Å². The Morgan fingerprint density at radius 1 is 0.857 bits per heavy atom. The van der Waals surface area contributed by atoms with E-state index in [1.807, 2.05) is 42.5 Å². The highest BCUT2D eigenvalue weighted by atomic mass is 35.5. The van der Waals surface area contributed by atoms with Gasteiger partial charge in [0.2, 0.25) is 11.8 Å². The molecule has 0 aliphatic heterocycles. The molecule has 21 heavy (non-hydrogen) atoms. The zero-order valence-electron chi connectivity index (χ0n) is 11.0. The highest BCUT2D eigenvalue weighted by Crippen LogP contribution is 2.32. The standard InChI is InChI=1S/C17H11ClFNO/c18-14-11-13(12-5-2-1-3-6-12)9-10-15(14)21-17-8-4-7-16(19)20-17/h1-11H. The summed E-state index contributed by atoms with van der Waals surface area (Å²) in [6, 6.07) is 19.7. The number of aromatic nitrogens is 1. The van der Waals surface area contributed by atoms with Gasteiger partial charge in [0.15, 0.2) is 0 Å². The second-order valence-corrected chi connectivity index (χ2v) is 4.82. The van der Waals surface area contributed by atoms with Crippen molar-refractivity contribution in [3.63, 3.8) is 0 Å². The molecular formula is C17H11ClFNO. The van der Waals surface area contributed by atoms with Gasteiger partial charge in [-0.1, -0.05) is 54.1 Å². The molecule has 0 unspecified atom stereocenters. The number of pyridine rings is 1. The third kappa shape index (κ3) is 3.20. The molecule has 4 heteroatoms. The summed E-state index contributed by atoms with van der Waals surface area (Å²) in [4.78, 5) is 3.64. The fourth-order valence-corrected chi connectivity index (χ4v) is 2.17. The van der Waals surface area contributed by atoms with Crippen molar-refractivity contribution in [1.29, 1.82) is 0 Å². The molecule has 3 rings (SSSR count). The van der Waals surface area contributed by atoms with Crippen LogP contribution in [0.15, 0.2) is 66.7 Å². The maximum absolute atomic E-state index is 13.0. The zero-order chi connectivity index (χ0) is 14.7. The van der Waals surface area contributed by atoms with Crippen LogP contribution in [0.4, 0.5) is 4.39 Å². The van der Waals surface area contributed by atoms with E-state index in [4.69, 9.17) is 16.3 Å². The molecule has 104 valence electrons. The van der Waals surface area contributed by atoms with Crippen molar-refractivity contribution in [2.24, 2.45) is 0 Å². The Balaban J connectivity index is 1.88. The molecule has 0 N–H and O–H groups in total. The average molecular weight is 300 g/mol. The van der Waals surface area contributed by atoms with Gasteiger partial charge in [-0.15, -0.1) is 0 Å². The van der Waals surface area contributed by atoms with Gasteiger partial charge in [-0.05, 0) is 29.3 Å². The maximum Gasteiger partial charge on any atom is 0.221 e. The van der Waals surface area contributed by atoms with Crippen molar-refractivity contribution < 1.29 is 9.13 Å². The number of hydrogen-bond donors (Lipinski definition) is 0. The number of hydrogen-bond acceptors (Lipinski definition) is 2. The molecule has 2 aromatic carbocycles. The molecule has 0 atom stereocenters. The number of rotatable bonds is 3.